The number of hydrogen-bond donors (Lipinski definition) is 2. The maximum atomic E-state index is 11.8. The zero-order valence-corrected chi connectivity index (χ0v) is 11.2. The third kappa shape index (κ3) is 2.21. The summed E-state index contributed by atoms with van der Waals surface area (Å²) in [5.41, 5.74) is 8.89. The van der Waals surface area contributed by atoms with Gasteiger partial charge in [0.1, 0.15) is 0 Å². The number of nitrogens with zero attached hydrogens (tertiary/aromatic N) is 1. The first-order valence-electron chi connectivity index (χ1n) is 5.81. The summed E-state index contributed by atoms with van der Waals surface area (Å²) in [4.78, 5) is 11.8. The van der Waals surface area contributed by atoms with Crippen LogP contribution in [0.4, 0.5) is 0 Å². The van der Waals surface area contributed by atoms with Crippen molar-refractivity contribution in [2.45, 2.75) is 20.3 Å². The second-order valence-electron chi connectivity index (χ2n) is 4.31. The average molecular weight is 266 g/mol. The molecule has 2 rings (SSSR count). The quantitative estimate of drug-likeness (QED) is 0.891. The molecular formula is C13H16ClN3O. The molecule has 0 radical (unpaired) electrons. The zero-order valence-electron chi connectivity index (χ0n) is 10.5. The molecule has 96 valence electrons. The molecule has 1 aromatic carbocycles. The highest BCUT2D eigenvalue weighted by Gasteiger charge is 2.11. The normalized spacial score (nSPS) is 10.9. The molecule has 0 aliphatic carbocycles. The lowest BCUT2D eigenvalue weighted by atomic mass is 10.2. The SMILES string of the molecule is Cc1ccc(-n2[nH]c(=O)c(CCN)c2C)cc1Cl. The van der Waals surface area contributed by atoms with Crippen molar-refractivity contribution in [2.75, 3.05) is 6.54 Å². The van der Waals surface area contributed by atoms with E-state index in [1.807, 2.05) is 32.0 Å². The predicted octanol–water partition coefficient (Wildman–Crippen LogP) is 1.94. The minimum Gasteiger partial charge on any atom is -0.330 e. The molecule has 0 atom stereocenters. The maximum absolute atomic E-state index is 11.8. The number of nitrogens with one attached hydrogen (secondary N) is 1. The monoisotopic (exact) mass is 265 g/mol. The second-order valence-corrected chi connectivity index (χ2v) is 4.72. The van der Waals surface area contributed by atoms with E-state index in [2.05, 4.69) is 5.10 Å². The number of rotatable bonds is 3. The Balaban J connectivity index is 2.54. The fraction of sp³-hybridized carbons (Fsp3) is 0.308. The molecule has 0 aliphatic rings. The van der Waals surface area contributed by atoms with Crippen molar-refractivity contribution in [1.29, 1.82) is 0 Å². The van der Waals surface area contributed by atoms with Crippen molar-refractivity contribution in [2.24, 2.45) is 5.73 Å². The third-order valence-corrected chi connectivity index (χ3v) is 3.47. The molecule has 2 aromatic rings. The van der Waals surface area contributed by atoms with E-state index in [0.717, 1.165) is 22.5 Å². The first-order valence-corrected chi connectivity index (χ1v) is 6.19. The van der Waals surface area contributed by atoms with Crippen molar-refractivity contribution in [1.82, 2.24) is 9.78 Å². The average Bonchev–Trinajstić information content (AvgIpc) is 2.61. The first kappa shape index (κ1) is 12.9. The molecule has 4 nitrogen and oxygen atoms in total. The van der Waals surface area contributed by atoms with Gasteiger partial charge in [0.05, 0.1) is 5.69 Å². The fourth-order valence-corrected chi connectivity index (χ4v) is 2.14. The molecule has 18 heavy (non-hydrogen) atoms. The van der Waals surface area contributed by atoms with Gasteiger partial charge >= 0.3 is 0 Å². The predicted molar refractivity (Wildman–Crippen MR) is 73.6 cm³/mol. The minimum absolute atomic E-state index is 0.0883. The van der Waals surface area contributed by atoms with Crippen molar-refractivity contribution < 1.29 is 0 Å². The van der Waals surface area contributed by atoms with E-state index in [0.29, 0.717) is 18.0 Å². The lowest BCUT2D eigenvalue weighted by molar-refractivity contribution is 0.832. The van der Waals surface area contributed by atoms with E-state index in [4.69, 9.17) is 17.3 Å². The Kier molecular flexibility index (Phi) is 3.59. The Labute approximate surface area is 110 Å². The number of nitrogens with two attached hydrogens (primary N) is 1. The highest BCUT2D eigenvalue weighted by Crippen LogP contribution is 2.20. The highest BCUT2D eigenvalue weighted by molar-refractivity contribution is 6.31. The van der Waals surface area contributed by atoms with Crippen molar-refractivity contribution in [3.63, 3.8) is 0 Å². The molecular weight excluding hydrogens is 250 g/mol. The summed E-state index contributed by atoms with van der Waals surface area (Å²) in [6.07, 6.45) is 0.577. The van der Waals surface area contributed by atoms with Gasteiger partial charge in [-0.25, -0.2) is 0 Å². The maximum Gasteiger partial charge on any atom is 0.267 e. The van der Waals surface area contributed by atoms with Gasteiger partial charge in [-0.05, 0) is 44.5 Å². The number of aryl methyl sites for hydroxylation is 1. The van der Waals surface area contributed by atoms with Crippen LogP contribution in [0.3, 0.4) is 0 Å². The molecule has 0 amide bonds. The van der Waals surface area contributed by atoms with Crippen molar-refractivity contribution in [3.05, 3.63) is 50.4 Å². The number of H-pyrrole nitrogens is 1. The van der Waals surface area contributed by atoms with E-state index >= 15 is 0 Å². The van der Waals surface area contributed by atoms with Crippen molar-refractivity contribution in [3.8, 4) is 5.69 Å². The van der Waals surface area contributed by atoms with E-state index in [-0.39, 0.29) is 5.56 Å². The van der Waals surface area contributed by atoms with Gasteiger partial charge in [-0.15, -0.1) is 0 Å². The zero-order chi connectivity index (χ0) is 13.3. The van der Waals surface area contributed by atoms with Gasteiger partial charge in [0.25, 0.3) is 5.56 Å². The Bertz CT molecular complexity index is 628. The van der Waals surface area contributed by atoms with Crippen LogP contribution < -0.4 is 11.3 Å². The van der Waals surface area contributed by atoms with Gasteiger partial charge in [0.2, 0.25) is 0 Å². The highest BCUT2D eigenvalue weighted by atomic mass is 35.5. The minimum atomic E-state index is -0.0883. The molecule has 1 heterocycles. The number of aromatic nitrogens is 2. The van der Waals surface area contributed by atoms with Crippen LogP contribution in [-0.4, -0.2) is 16.3 Å². The molecule has 0 bridgehead atoms. The fourth-order valence-electron chi connectivity index (χ4n) is 1.97. The summed E-state index contributed by atoms with van der Waals surface area (Å²) in [5.74, 6) is 0. The van der Waals surface area contributed by atoms with Crippen LogP contribution in [0.5, 0.6) is 0 Å². The van der Waals surface area contributed by atoms with Crippen LogP contribution in [0.25, 0.3) is 5.69 Å². The van der Waals surface area contributed by atoms with Gasteiger partial charge < -0.3 is 5.73 Å². The van der Waals surface area contributed by atoms with E-state index in [1.165, 1.54) is 0 Å². The van der Waals surface area contributed by atoms with Crippen LogP contribution in [0.1, 0.15) is 16.8 Å². The molecule has 1 aromatic heterocycles. The molecule has 0 spiro atoms. The summed E-state index contributed by atoms with van der Waals surface area (Å²) in [5, 5.41) is 3.49. The van der Waals surface area contributed by atoms with Gasteiger partial charge in [-0.1, -0.05) is 17.7 Å². The molecule has 0 saturated carbocycles. The molecule has 0 saturated heterocycles. The Hall–Kier alpha value is -1.52. The smallest absolute Gasteiger partial charge is 0.267 e. The largest absolute Gasteiger partial charge is 0.330 e. The van der Waals surface area contributed by atoms with Gasteiger partial charge in [-0.2, -0.15) is 0 Å². The van der Waals surface area contributed by atoms with Gasteiger partial charge in [0.15, 0.2) is 0 Å². The van der Waals surface area contributed by atoms with E-state index in [9.17, 15) is 4.79 Å². The lowest BCUT2D eigenvalue weighted by Gasteiger charge is -2.07. The first-order chi connectivity index (χ1) is 8.54. The van der Waals surface area contributed by atoms with Gasteiger partial charge in [-0.3, -0.25) is 14.6 Å². The van der Waals surface area contributed by atoms with Crippen LogP contribution in [0.2, 0.25) is 5.02 Å². The summed E-state index contributed by atoms with van der Waals surface area (Å²) in [7, 11) is 0. The summed E-state index contributed by atoms with van der Waals surface area (Å²) in [6, 6.07) is 5.69. The van der Waals surface area contributed by atoms with Crippen molar-refractivity contribution >= 4 is 11.6 Å². The summed E-state index contributed by atoms with van der Waals surface area (Å²) in [6.45, 7) is 4.30. The van der Waals surface area contributed by atoms with Crippen LogP contribution in [0.15, 0.2) is 23.0 Å². The topological polar surface area (TPSA) is 63.8 Å². The molecule has 0 aliphatic heterocycles. The van der Waals surface area contributed by atoms with Crippen LogP contribution in [-0.2, 0) is 6.42 Å². The Morgan fingerprint density at radius 1 is 1.39 bits per heavy atom. The molecule has 0 fully saturated rings. The molecule has 5 heteroatoms. The lowest BCUT2D eigenvalue weighted by Crippen LogP contribution is -2.12. The van der Waals surface area contributed by atoms with E-state index < -0.39 is 0 Å². The number of benzene rings is 1. The summed E-state index contributed by atoms with van der Waals surface area (Å²) >= 11 is 6.10. The second kappa shape index (κ2) is 5.00. The van der Waals surface area contributed by atoms with Crippen LogP contribution >= 0.6 is 11.6 Å². The van der Waals surface area contributed by atoms with Crippen LogP contribution in [0, 0.1) is 13.8 Å². The summed E-state index contributed by atoms with van der Waals surface area (Å²) < 4.78 is 1.75. The standard InChI is InChI=1S/C13H16ClN3O/c1-8-3-4-10(7-12(8)14)17-9(2)11(5-6-15)13(18)16-17/h3-4,7H,5-6,15H2,1-2H3,(H,16,18). The third-order valence-electron chi connectivity index (χ3n) is 3.07. The van der Waals surface area contributed by atoms with Gasteiger partial charge in [0, 0.05) is 16.3 Å². The molecule has 3 N–H and O–H groups in total. The number of halogens is 1. The Morgan fingerprint density at radius 3 is 2.72 bits per heavy atom. The number of hydrogen-bond acceptors (Lipinski definition) is 2. The molecule has 0 unspecified atom stereocenters. The Morgan fingerprint density at radius 2 is 2.11 bits per heavy atom. The number of aromatic amines is 1. The van der Waals surface area contributed by atoms with E-state index in [1.54, 1.807) is 4.68 Å².